The van der Waals surface area contributed by atoms with Crippen LogP contribution in [0.3, 0.4) is 0 Å². The van der Waals surface area contributed by atoms with Gasteiger partial charge < -0.3 is 5.73 Å². The second-order valence-electron chi connectivity index (χ2n) is 1.54. The van der Waals surface area contributed by atoms with Gasteiger partial charge in [-0.15, -0.1) is 0 Å². The summed E-state index contributed by atoms with van der Waals surface area (Å²) >= 11 is 2.93. The fourth-order valence-electron chi connectivity index (χ4n) is 0.436. The third-order valence-corrected chi connectivity index (χ3v) is 1.37. The minimum atomic E-state index is -0.538. The zero-order valence-corrected chi connectivity index (χ0v) is 6.02. The molecule has 1 aromatic rings. The molecule has 0 saturated heterocycles. The molecule has 0 saturated carbocycles. The lowest BCUT2D eigenvalue weighted by atomic mass is 10.4. The highest BCUT2D eigenvalue weighted by Crippen LogP contribution is 2.14. The van der Waals surface area contributed by atoms with Crippen molar-refractivity contribution in [3.8, 4) is 0 Å². The van der Waals surface area contributed by atoms with Gasteiger partial charge in [0.1, 0.15) is 0 Å². The Labute approximate surface area is 60.0 Å². The van der Waals surface area contributed by atoms with Gasteiger partial charge in [0.05, 0.1) is 16.4 Å². The fraction of sp³-hybridized carbons (Fsp3) is 0. The van der Waals surface area contributed by atoms with E-state index in [-0.39, 0.29) is 0 Å². The maximum Gasteiger partial charge on any atom is 0.227 e. The van der Waals surface area contributed by atoms with E-state index >= 15 is 0 Å². The number of aromatic nitrogens is 1. The number of hydrogen-bond acceptors (Lipinski definition) is 2. The molecule has 1 rings (SSSR count). The van der Waals surface area contributed by atoms with Crippen LogP contribution in [0.2, 0.25) is 0 Å². The molecule has 0 aliphatic heterocycles. The number of nitrogens with zero attached hydrogens (tertiary/aromatic N) is 1. The molecule has 0 bridgehead atoms. The van der Waals surface area contributed by atoms with Crippen LogP contribution in [-0.4, -0.2) is 4.98 Å². The summed E-state index contributed by atoms with van der Waals surface area (Å²) in [5.41, 5.74) is 5.72. The van der Waals surface area contributed by atoms with Crippen molar-refractivity contribution >= 4 is 21.6 Å². The highest BCUT2D eigenvalue weighted by Gasteiger charge is 1.97. The third kappa shape index (κ3) is 1.38. The molecule has 4 heteroatoms. The van der Waals surface area contributed by atoms with Crippen molar-refractivity contribution in [2.45, 2.75) is 0 Å². The Kier molecular flexibility index (Phi) is 1.66. The minimum absolute atomic E-state index is 0.294. The molecule has 0 spiro atoms. The van der Waals surface area contributed by atoms with Gasteiger partial charge in [0.25, 0.3) is 0 Å². The lowest BCUT2D eigenvalue weighted by molar-refractivity contribution is 0.577. The van der Waals surface area contributed by atoms with Crippen molar-refractivity contribution < 1.29 is 4.39 Å². The van der Waals surface area contributed by atoms with E-state index in [9.17, 15) is 4.39 Å². The van der Waals surface area contributed by atoms with Crippen molar-refractivity contribution in [2.75, 3.05) is 5.73 Å². The molecule has 2 N–H and O–H groups in total. The molecule has 0 fully saturated rings. The van der Waals surface area contributed by atoms with Crippen LogP contribution in [-0.2, 0) is 0 Å². The van der Waals surface area contributed by atoms with E-state index in [1.165, 1.54) is 12.3 Å². The van der Waals surface area contributed by atoms with E-state index < -0.39 is 5.95 Å². The van der Waals surface area contributed by atoms with E-state index in [0.29, 0.717) is 10.2 Å². The number of pyridine rings is 1. The monoisotopic (exact) mass is 190 g/mol. The lowest BCUT2D eigenvalue weighted by Gasteiger charge is -1.92. The van der Waals surface area contributed by atoms with Gasteiger partial charge in [0, 0.05) is 0 Å². The van der Waals surface area contributed by atoms with Crippen LogP contribution in [0.4, 0.5) is 10.1 Å². The molecule has 1 heterocycles. The van der Waals surface area contributed by atoms with Gasteiger partial charge in [-0.1, -0.05) is 0 Å². The molecule has 0 aliphatic carbocycles. The van der Waals surface area contributed by atoms with Crippen LogP contribution in [0.5, 0.6) is 0 Å². The normalized spacial score (nSPS) is 9.56. The molecule has 48 valence electrons. The van der Waals surface area contributed by atoms with Crippen LogP contribution in [0, 0.1) is 5.95 Å². The van der Waals surface area contributed by atoms with Crippen LogP contribution < -0.4 is 5.73 Å². The van der Waals surface area contributed by atoms with Gasteiger partial charge in [-0.05, 0) is 22.0 Å². The topological polar surface area (TPSA) is 38.9 Å². The average Bonchev–Trinajstić information content (AvgIpc) is 1.80. The Morgan fingerprint density at radius 2 is 2.33 bits per heavy atom. The number of nitrogens with two attached hydrogens (primary N) is 1. The number of nitrogen functional groups attached to an aromatic ring is 1. The summed E-state index contributed by atoms with van der Waals surface area (Å²) in [6.45, 7) is 0. The van der Waals surface area contributed by atoms with Crippen molar-refractivity contribution in [3.05, 3.63) is 22.7 Å². The average molecular weight is 191 g/mol. The highest BCUT2D eigenvalue weighted by molar-refractivity contribution is 9.10. The first-order valence-corrected chi connectivity index (χ1v) is 3.06. The van der Waals surface area contributed by atoms with Crippen LogP contribution >= 0.6 is 15.9 Å². The summed E-state index contributed by atoms with van der Waals surface area (Å²) in [4.78, 5) is 3.34. The van der Waals surface area contributed by atoms with E-state index in [1.807, 2.05) is 0 Å². The third-order valence-electron chi connectivity index (χ3n) is 0.817. The van der Waals surface area contributed by atoms with E-state index in [1.54, 1.807) is 0 Å². The predicted molar refractivity (Wildman–Crippen MR) is 36.3 cm³/mol. The van der Waals surface area contributed by atoms with Crippen LogP contribution in [0.1, 0.15) is 0 Å². The molecule has 0 unspecified atom stereocenters. The summed E-state index contributed by atoms with van der Waals surface area (Å²) in [6.07, 6.45) is 1.26. The molecule has 0 aromatic carbocycles. The van der Waals surface area contributed by atoms with Gasteiger partial charge >= 0.3 is 0 Å². The molecule has 9 heavy (non-hydrogen) atoms. The molecule has 0 radical (unpaired) electrons. The molecule has 0 atom stereocenters. The first kappa shape index (κ1) is 6.48. The van der Waals surface area contributed by atoms with Gasteiger partial charge in [-0.25, -0.2) is 4.98 Å². The number of anilines is 1. The Bertz CT molecular complexity index is 226. The molecular formula is C5H4BrFN2. The molecule has 2 nitrogen and oxygen atoms in total. The molecule has 0 amide bonds. The second-order valence-corrected chi connectivity index (χ2v) is 2.40. The summed E-state index contributed by atoms with van der Waals surface area (Å²) in [7, 11) is 0. The molecular weight excluding hydrogens is 187 g/mol. The van der Waals surface area contributed by atoms with Gasteiger partial charge in [-0.2, -0.15) is 4.39 Å². The first-order chi connectivity index (χ1) is 4.20. The van der Waals surface area contributed by atoms with Crippen LogP contribution in [0.15, 0.2) is 16.7 Å². The maximum atomic E-state index is 12.3. The smallest absolute Gasteiger partial charge is 0.227 e. The van der Waals surface area contributed by atoms with Gasteiger partial charge in [0.15, 0.2) is 0 Å². The zero-order valence-electron chi connectivity index (χ0n) is 4.44. The van der Waals surface area contributed by atoms with Gasteiger partial charge in [0.2, 0.25) is 5.95 Å². The van der Waals surface area contributed by atoms with Crippen molar-refractivity contribution in [3.63, 3.8) is 0 Å². The predicted octanol–water partition coefficient (Wildman–Crippen LogP) is 1.57. The number of hydrogen-bond donors (Lipinski definition) is 1. The Hall–Kier alpha value is -0.640. The number of halogens is 2. The Balaban J connectivity index is 3.17. The Morgan fingerprint density at radius 3 is 2.78 bits per heavy atom. The van der Waals surface area contributed by atoms with E-state index in [4.69, 9.17) is 5.73 Å². The highest BCUT2D eigenvalue weighted by atomic mass is 79.9. The molecule has 0 aliphatic rings. The van der Waals surface area contributed by atoms with Crippen LogP contribution in [0.25, 0.3) is 0 Å². The lowest BCUT2D eigenvalue weighted by Crippen LogP contribution is -1.89. The number of rotatable bonds is 0. The summed E-state index contributed by atoms with van der Waals surface area (Å²) in [5.74, 6) is -0.538. The SMILES string of the molecule is Nc1cnc(F)c(Br)c1. The van der Waals surface area contributed by atoms with E-state index in [2.05, 4.69) is 20.9 Å². The zero-order chi connectivity index (χ0) is 6.85. The summed E-state index contributed by atoms with van der Waals surface area (Å²) in [6, 6.07) is 1.46. The molecule has 1 aromatic heterocycles. The van der Waals surface area contributed by atoms with Crippen molar-refractivity contribution in [1.82, 2.24) is 4.98 Å². The van der Waals surface area contributed by atoms with E-state index in [0.717, 1.165) is 0 Å². The maximum absolute atomic E-state index is 12.3. The quantitative estimate of drug-likeness (QED) is 0.632. The second kappa shape index (κ2) is 2.31. The standard InChI is InChI=1S/C5H4BrFN2/c6-4-1-3(8)2-9-5(4)7/h1-2H,8H2. The Morgan fingerprint density at radius 1 is 1.67 bits per heavy atom. The summed E-state index contributed by atoms with van der Waals surface area (Å²) < 4.78 is 12.6. The van der Waals surface area contributed by atoms with Crippen molar-refractivity contribution in [2.24, 2.45) is 0 Å². The first-order valence-electron chi connectivity index (χ1n) is 2.26. The summed E-state index contributed by atoms with van der Waals surface area (Å²) in [5, 5.41) is 0. The fourth-order valence-corrected chi connectivity index (χ4v) is 0.803. The van der Waals surface area contributed by atoms with Gasteiger partial charge in [-0.3, -0.25) is 0 Å². The minimum Gasteiger partial charge on any atom is -0.397 e. The van der Waals surface area contributed by atoms with Crippen molar-refractivity contribution in [1.29, 1.82) is 0 Å². The largest absolute Gasteiger partial charge is 0.397 e.